The van der Waals surface area contributed by atoms with Gasteiger partial charge in [0.1, 0.15) is 0 Å². The molecule has 2 atom stereocenters. The predicted molar refractivity (Wildman–Crippen MR) is 58.7 cm³/mol. The lowest BCUT2D eigenvalue weighted by atomic mass is 10.2. The van der Waals surface area contributed by atoms with Gasteiger partial charge in [0.15, 0.2) is 0 Å². The van der Waals surface area contributed by atoms with Gasteiger partial charge in [0.2, 0.25) is 5.89 Å². The maximum absolute atomic E-state index is 9.44. The van der Waals surface area contributed by atoms with Gasteiger partial charge in [-0.15, -0.1) is 0 Å². The van der Waals surface area contributed by atoms with Gasteiger partial charge in [-0.2, -0.15) is 4.98 Å². The summed E-state index contributed by atoms with van der Waals surface area (Å²) < 4.78 is 10.5. The zero-order chi connectivity index (χ0) is 11.7. The summed E-state index contributed by atoms with van der Waals surface area (Å²) in [5.74, 6) is 1.18. The van der Waals surface area contributed by atoms with Crippen LogP contribution in [-0.2, 0) is 4.74 Å². The summed E-state index contributed by atoms with van der Waals surface area (Å²) in [6.07, 6.45) is 0.309. The van der Waals surface area contributed by atoms with Gasteiger partial charge in [-0.05, 0) is 11.6 Å². The molecule has 2 N–H and O–H groups in total. The SMILES string of the molecule is O[C@@H]1CN[C@@H](c2nc(N3CCOCC3)no2)C1. The fourth-order valence-electron chi connectivity index (χ4n) is 2.17. The number of morpholine rings is 1. The van der Waals surface area contributed by atoms with E-state index in [0.29, 0.717) is 38.0 Å². The number of aliphatic hydroxyl groups is 1. The van der Waals surface area contributed by atoms with Crippen molar-refractivity contribution in [2.75, 3.05) is 37.7 Å². The molecule has 17 heavy (non-hydrogen) atoms. The van der Waals surface area contributed by atoms with Gasteiger partial charge in [0.05, 0.1) is 25.4 Å². The number of nitrogens with zero attached hydrogens (tertiary/aromatic N) is 3. The summed E-state index contributed by atoms with van der Waals surface area (Å²) in [5.41, 5.74) is 0. The quantitative estimate of drug-likeness (QED) is 0.707. The molecule has 2 aliphatic heterocycles. The lowest BCUT2D eigenvalue weighted by Gasteiger charge is -2.24. The summed E-state index contributed by atoms with van der Waals surface area (Å²) in [6, 6.07) is -0.0210. The predicted octanol–water partition coefficient (Wildman–Crippen LogP) is -0.698. The van der Waals surface area contributed by atoms with Crippen LogP contribution >= 0.6 is 0 Å². The van der Waals surface area contributed by atoms with Gasteiger partial charge in [-0.25, -0.2) is 0 Å². The summed E-state index contributed by atoms with van der Waals surface area (Å²) in [7, 11) is 0. The molecule has 0 unspecified atom stereocenters. The number of hydrogen-bond acceptors (Lipinski definition) is 7. The van der Waals surface area contributed by atoms with Crippen LogP contribution in [0, 0.1) is 0 Å². The maximum Gasteiger partial charge on any atom is 0.266 e. The van der Waals surface area contributed by atoms with Gasteiger partial charge >= 0.3 is 0 Å². The van der Waals surface area contributed by atoms with Crippen molar-refractivity contribution < 1.29 is 14.4 Å². The van der Waals surface area contributed by atoms with Crippen molar-refractivity contribution >= 4 is 5.95 Å². The van der Waals surface area contributed by atoms with Crippen LogP contribution in [0.3, 0.4) is 0 Å². The van der Waals surface area contributed by atoms with E-state index in [1.54, 1.807) is 0 Å². The highest BCUT2D eigenvalue weighted by Gasteiger charge is 2.29. The minimum absolute atomic E-state index is 0.0210. The number of aliphatic hydroxyl groups excluding tert-OH is 1. The van der Waals surface area contributed by atoms with Gasteiger partial charge in [0, 0.05) is 19.6 Å². The Hall–Kier alpha value is -1.18. The van der Waals surface area contributed by atoms with Gasteiger partial charge < -0.3 is 24.6 Å². The normalized spacial score (nSPS) is 29.8. The molecule has 0 amide bonds. The largest absolute Gasteiger partial charge is 0.392 e. The van der Waals surface area contributed by atoms with Crippen molar-refractivity contribution in [3.05, 3.63) is 5.89 Å². The highest BCUT2D eigenvalue weighted by molar-refractivity contribution is 5.28. The molecule has 0 saturated carbocycles. The summed E-state index contributed by atoms with van der Waals surface area (Å²) in [6.45, 7) is 3.56. The number of hydrogen-bond donors (Lipinski definition) is 2. The van der Waals surface area contributed by atoms with Crippen LogP contribution in [0.1, 0.15) is 18.4 Å². The standard InChI is InChI=1S/C10H16N4O3/c15-7-5-8(11-6-7)9-12-10(13-17-9)14-1-3-16-4-2-14/h7-8,11,15H,1-6H2/t7-,8+/m0/s1. The fourth-order valence-corrected chi connectivity index (χ4v) is 2.17. The Labute approximate surface area is 98.7 Å². The molecule has 0 aliphatic carbocycles. The van der Waals surface area contributed by atoms with Gasteiger partial charge in [-0.1, -0.05) is 0 Å². The molecule has 0 aromatic carbocycles. The Bertz CT molecular complexity index is 358. The van der Waals surface area contributed by atoms with E-state index in [2.05, 4.69) is 15.5 Å². The highest BCUT2D eigenvalue weighted by Crippen LogP contribution is 2.23. The van der Waals surface area contributed by atoms with E-state index in [-0.39, 0.29) is 12.1 Å². The molecule has 7 heteroatoms. The molecule has 0 bridgehead atoms. The average molecular weight is 240 g/mol. The lowest BCUT2D eigenvalue weighted by molar-refractivity contribution is 0.121. The van der Waals surface area contributed by atoms with E-state index in [1.165, 1.54) is 0 Å². The number of ether oxygens (including phenoxy) is 1. The first-order chi connectivity index (χ1) is 8.33. The third-order valence-corrected chi connectivity index (χ3v) is 3.13. The average Bonchev–Trinajstić information content (AvgIpc) is 2.98. The molecular formula is C10H16N4O3. The van der Waals surface area contributed by atoms with Crippen LogP contribution in [0.15, 0.2) is 4.52 Å². The first-order valence-electron chi connectivity index (χ1n) is 5.90. The molecule has 1 aromatic heterocycles. The van der Waals surface area contributed by atoms with Crippen LogP contribution in [0.2, 0.25) is 0 Å². The first-order valence-corrected chi connectivity index (χ1v) is 5.90. The second-order valence-electron chi connectivity index (χ2n) is 4.38. The molecule has 0 radical (unpaired) electrons. The van der Waals surface area contributed by atoms with E-state index in [9.17, 15) is 5.11 Å². The van der Waals surface area contributed by atoms with Gasteiger partial charge in [-0.3, -0.25) is 0 Å². The smallest absolute Gasteiger partial charge is 0.266 e. The number of aromatic nitrogens is 2. The third kappa shape index (κ3) is 2.26. The molecule has 1 aromatic rings. The third-order valence-electron chi connectivity index (χ3n) is 3.13. The Balaban J connectivity index is 1.69. The minimum atomic E-state index is -0.321. The maximum atomic E-state index is 9.44. The van der Waals surface area contributed by atoms with E-state index >= 15 is 0 Å². The van der Waals surface area contributed by atoms with Crippen molar-refractivity contribution in [2.24, 2.45) is 0 Å². The van der Waals surface area contributed by atoms with Crippen LogP contribution in [0.25, 0.3) is 0 Å². The second-order valence-corrected chi connectivity index (χ2v) is 4.38. The van der Waals surface area contributed by atoms with E-state index in [4.69, 9.17) is 9.26 Å². The Morgan fingerprint density at radius 2 is 2.18 bits per heavy atom. The number of anilines is 1. The zero-order valence-corrected chi connectivity index (χ0v) is 9.50. The van der Waals surface area contributed by atoms with E-state index in [0.717, 1.165) is 13.1 Å². The van der Waals surface area contributed by atoms with Gasteiger partial charge in [0.25, 0.3) is 5.95 Å². The molecule has 94 valence electrons. The molecule has 2 aliphatic rings. The van der Waals surface area contributed by atoms with Crippen LogP contribution in [-0.4, -0.2) is 54.2 Å². The fraction of sp³-hybridized carbons (Fsp3) is 0.800. The molecule has 3 rings (SSSR count). The number of nitrogens with one attached hydrogen (secondary N) is 1. The van der Waals surface area contributed by atoms with Crippen molar-refractivity contribution in [3.63, 3.8) is 0 Å². The molecule has 2 saturated heterocycles. The molecule has 7 nitrogen and oxygen atoms in total. The topological polar surface area (TPSA) is 83.7 Å². The summed E-state index contributed by atoms with van der Waals surface area (Å²) >= 11 is 0. The number of β-amino-alcohol motifs (C(OH)–C–C–N with tert-alkyl or cyclic N) is 1. The molecule has 2 fully saturated rings. The molecule has 0 spiro atoms. The Morgan fingerprint density at radius 3 is 2.88 bits per heavy atom. The van der Waals surface area contributed by atoms with Crippen LogP contribution in [0.5, 0.6) is 0 Å². The van der Waals surface area contributed by atoms with Crippen molar-refractivity contribution in [2.45, 2.75) is 18.6 Å². The van der Waals surface area contributed by atoms with Crippen molar-refractivity contribution in [1.82, 2.24) is 15.5 Å². The molecular weight excluding hydrogens is 224 g/mol. The van der Waals surface area contributed by atoms with Crippen molar-refractivity contribution in [1.29, 1.82) is 0 Å². The number of rotatable bonds is 2. The Kier molecular flexibility index (Phi) is 2.96. The minimum Gasteiger partial charge on any atom is -0.392 e. The van der Waals surface area contributed by atoms with E-state index < -0.39 is 0 Å². The van der Waals surface area contributed by atoms with Crippen LogP contribution in [0.4, 0.5) is 5.95 Å². The highest BCUT2D eigenvalue weighted by atomic mass is 16.5. The lowest BCUT2D eigenvalue weighted by Crippen LogP contribution is -2.36. The monoisotopic (exact) mass is 240 g/mol. The zero-order valence-electron chi connectivity index (χ0n) is 9.50. The van der Waals surface area contributed by atoms with Crippen molar-refractivity contribution in [3.8, 4) is 0 Å². The molecule has 3 heterocycles. The first kappa shape index (κ1) is 10.9. The van der Waals surface area contributed by atoms with E-state index in [1.807, 2.05) is 4.90 Å². The second kappa shape index (κ2) is 4.59. The summed E-state index contributed by atoms with van der Waals surface area (Å²) in [5, 5.41) is 16.6. The van der Waals surface area contributed by atoms with Crippen LogP contribution < -0.4 is 10.2 Å². The Morgan fingerprint density at radius 1 is 1.35 bits per heavy atom. The summed E-state index contributed by atoms with van der Waals surface area (Å²) in [4.78, 5) is 6.41.